The van der Waals surface area contributed by atoms with Gasteiger partial charge >= 0.3 is 6.61 Å². The lowest BCUT2D eigenvalue weighted by Crippen LogP contribution is -2.37. The van der Waals surface area contributed by atoms with Crippen LogP contribution in [-0.2, 0) is 0 Å². The summed E-state index contributed by atoms with van der Waals surface area (Å²) < 4.78 is 28.3. The SMILES string of the molecule is CNCC1CCCN1c1ccc(OC(F)F)cn1. The third kappa shape index (κ3) is 3.07. The molecule has 4 nitrogen and oxygen atoms in total. The molecule has 0 aromatic carbocycles. The summed E-state index contributed by atoms with van der Waals surface area (Å²) in [5, 5.41) is 3.15. The number of nitrogens with one attached hydrogen (secondary N) is 1. The van der Waals surface area contributed by atoms with Gasteiger partial charge in [0.05, 0.1) is 6.20 Å². The van der Waals surface area contributed by atoms with Gasteiger partial charge in [0.15, 0.2) is 0 Å². The van der Waals surface area contributed by atoms with Crippen molar-refractivity contribution in [2.75, 3.05) is 25.0 Å². The fourth-order valence-corrected chi connectivity index (χ4v) is 2.30. The molecular formula is C12H17F2N3O. The van der Waals surface area contributed by atoms with E-state index in [0.717, 1.165) is 31.7 Å². The molecule has 1 atom stereocenters. The summed E-state index contributed by atoms with van der Waals surface area (Å²) in [6.45, 7) is -0.952. The van der Waals surface area contributed by atoms with Crippen molar-refractivity contribution in [2.45, 2.75) is 25.5 Å². The maximum absolute atomic E-state index is 12.0. The third-order valence-electron chi connectivity index (χ3n) is 3.06. The lowest BCUT2D eigenvalue weighted by atomic mass is 10.2. The van der Waals surface area contributed by atoms with Gasteiger partial charge in [-0.05, 0) is 32.0 Å². The Morgan fingerprint density at radius 2 is 2.39 bits per heavy atom. The minimum atomic E-state index is -2.80. The Kier molecular flexibility index (Phi) is 4.30. The summed E-state index contributed by atoms with van der Waals surface area (Å²) in [6, 6.07) is 3.68. The van der Waals surface area contributed by atoms with Crippen LogP contribution < -0.4 is 15.0 Å². The molecule has 100 valence electrons. The van der Waals surface area contributed by atoms with Crippen LogP contribution in [0.1, 0.15) is 12.8 Å². The van der Waals surface area contributed by atoms with Gasteiger partial charge in [0.25, 0.3) is 0 Å². The topological polar surface area (TPSA) is 37.4 Å². The molecule has 0 radical (unpaired) electrons. The Labute approximate surface area is 105 Å². The predicted octanol–water partition coefficient (Wildman–Crippen LogP) is 1.87. The Hall–Kier alpha value is -1.43. The van der Waals surface area contributed by atoms with Crippen molar-refractivity contribution >= 4 is 5.82 Å². The highest BCUT2D eigenvalue weighted by Gasteiger charge is 2.24. The molecule has 2 heterocycles. The molecule has 0 amide bonds. The summed E-state index contributed by atoms with van der Waals surface area (Å²) >= 11 is 0. The fraction of sp³-hybridized carbons (Fsp3) is 0.583. The third-order valence-corrected chi connectivity index (χ3v) is 3.06. The summed E-state index contributed by atoms with van der Waals surface area (Å²) in [5.41, 5.74) is 0. The lowest BCUT2D eigenvalue weighted by molar-refractivity contribution is -0.0500. The standard InChI is InChI=1S/C12H17F2N3O/c1-15-7-9-3-2-6-17(9)11-5-4-10(8-16-11)18-12(13)14/h4-5,8-9,12,15H,2-3,6-7H2,1H3. The number of ether oxygens (including phenoxy) is 1. The number of anilines is 1. The van der Waals surface area contributed by atoms with Crippen LogP contribution in [0.2, 0.25) is 0 Å². The van der Waals surface area contributed by atoms with E-state index in [2.05, 4.69) is 19.9 Å². The van der Waals surface area contributed by atoms with Crippen molar-refractivity contribution in [3.8, 4) is 5.75 Å². The highest BCUT2D eigenvalue weighted by Crippen LogP contribution is 2.25. The van der Waals surface area contributed by atoms with E-state index in [0.29, 0.717) is 6.04 Å². The molecule has 0 spiro atoms. The largest absolute Gasteiger partial charge is 0.433 e. The van der Waals surface area contributed by atoms with Crippen LogP contribution >= 0.6 is 0 Å². The second kappa shape index (κ2) is 5.95. The molecule has 0 saturated carbocycles. The average molecular weight is 257 g/mol. The van der Waals surface area contributed by atoms with Crippen molar-refractivity contribution < 1.29 is 13.5 Å². The van der Waals surface area contributed by atoms with E-state index in [4.69, 9.17) is 0 Å². The van der Waals surface area contributed by atoms with E-state index in [-0.39, 0.29) is 5.75 Å². The van der Waals surface area contributed by atoms with Crippen molar-refractivity contribution in [3.63, 3.8) is 0 Å². The first-order chi connectivity index (χ1) is 8.70. The second-order valence-corrected chi connectivity index (χ2v) is 4.28. The molecule has 0 aliphatic carbocycles. The zero-order valence-electron chi connectivity index (χ0n) is 10.3. The summed E-state index contributed by atoms with van der Waals surface area (Å²) in [5.74, 6) is 0.910. The van der Waals surface area contributed by atoms with Gasteiger partial charge in [-0.2, -0.15) is 8.78 Å². The van der Waals surface area contributed by atoms with Gasteiger partial charge < -0.3 is 15.0 Å². The van der Waals surface area contributed by atoms with E-state index in [9.17, 15) is 8.78 Å². The van der Waals surface area contributed by atoms with E-state index in [1.165, 1.54) is 12.3 Å². The molecule has 1 aromatic rings. The number of likely N-dealkylation sites (N-methyl/N-ethyl adjacent to an activating group) is 1. The van der Waals surface area contributed by atoms with Gasteiger partial charge in [-0.25, -0.2) is 4.98 Å². The number of alkyl halides is 2. The Balaban J connectivity index is 2.04. The van der Waals surface area contributed by atoms with Crippen LogP contribution in [0.4, 0.5) is 14.6 Å². The smallest absolute Gasteiger partial charge is 0.387 e. The molecule has 1 aliphatic heterocycles. The van der Waals surface area contributed by atoms with E-state index in [1.807, 2.05) is 7.05 Å². The molecule has 2 rings (SSSR count). The van der Waals surface area contributed by atoms with Gasteiger partial charge in [-0.15, -0.1) is 0 Å². The summed E-state index contributed by atoms with van der Waals surface area (Å²) in [6.07, 6.45) is 3.59. The number of hydrogen-bond acceptors (Lipinski definition) is 4. The van der Waals surface area contributed by atoms with E-state index >= 15 is 0 Å². The Morgan fingerprint density at radius 1 is 1.56 bits per heavy atom. The van der Waals surface area contributed by atoms with Crippen LogP contribution in [0, 0.1) is 0 Å². The quantitative estimate of drug-likeness (QED) is 0.874. The number of halogens is 2. The van der Waals surface area contributed by atoms with E-state index < -0.39 is 6.61 Å². The first-order valence-corrected chi connectivity index (χ1v) is 6.03. The second-order valence-electron chi connectivity index (χ2n) is 4.28. The lowest BCUT2D eigenvalue weighted by Gasteiger charge is -2.25. The van der Waals surface area contributed by atoms with Gasteiger partial charge in [0.2, 0.25) is 0 Å². The van der Waals surface area contributed by atoms with Gasteiger partial charge in [0, 0.05) is 19.1 Å². The monoisotopic (exact) mass is 257 g/mol. The number of nitrogens with zero attached hydrogens (tertiary/aromatic N) is 2. The number of hydrogen-bond donors (Lipinski definition) is 1. The van der Waals surface area contributed by atoms with Crippen molar-refractivity contribution in [1.29, 1.82) is 0 Å². The van der Waals surface area contributed by atoms with Gasteiger partial charge in [-0.1, -0.05) is 0 Å². The normalized spacial score (nSPS) is 19.6. The minimum absolute atomic E-state index is 0.0955. The van der Waals surface area contributed by atoms with Gasteiger partial charge in [-0.3, -0.25) is 0 Å². The maximum Gasteiger partial charge on any atom is 0.387 e. The number of pyridine rings is 1. The highest BCUT2D eigenvalue weighted by atomic mass is 19.3. The molecule has 1 unspecified atom stereocenters. The van der Waals surface area contributed by atoms with Crippen LogP contribution in [0.5, 0.6) is 5.75 Å². The van der Waals surface area contributed by atoms with Crippen molar-refractivity contribution in [1.82, 2.24) is 10.3 Å². The molecule has 18 heavy (non-hydrogen) atoms. The Bertz CT molecular complexity index is 372. The molecule has 1 aliphatic rings. The van der Waals surface area contributed by atoms with E-state index in [1.54, 1.807) is 6.07 Å². The maximum atomic E-state index is 12.0. The minimum Gasteiger partial charge on any atom is -0.433 e. The molecule has 1 fully saturated rings. The highest BCUT2D eigenvalue weighted by molar-refractivity contribution is 5.43. The van der Waals surface area contributed by atoms with Crippen molar-refractivity contribution in [3.05, 3.63) is 18.3 Å². The zero-order chi connectivity index (χ0) is 13.0. The first kappa shape index (κ1) is 13.0. The first-order valence-electron chi connectivity index (χ1n) is 6.03. The Morgan fingerprint density at radius 3 is 3.00 bits per heavy atom. The molecule has 0 bridgehead atoms. The number of aromatic nitrogens is 1. The molecule has 6 heteroatoms. The number of rotatable bonds is 5. The van der Waals surface area contributed by atoms with Crippen molar-refractivity contribution in [2.24, 2.45) is 0 Å². The molecule has 1 aromatic heterocycles. The molecule has 1 N–H and O–H groups in total. The van der Waals surface area contributed by atoms with Gasteiger partial charge in [0.1, 0.15) is 11.6 Å². The fourth-order valence-electron chi connectivity index (χ4n) is 2.30. The van der Waals surface area contributed by atoms with Crippen LogP contribution in [-0.4, -0.2) is 37.8 Å². The predicted molar refractivity (Wildman–Crippen MR) is 65.2 cm³/mol. The summed E-state index contributed by atoms with van der Waals surface area (Å²) in [7, 11) is 1.92. The van der Waals surface area contributed by atoms with Crippen LogP contribution in [0.25, 0.3) is 0 Å². The zero-order valence-corrected chi connectivity index (χ0v) is 10.3. The molecule has 1 saturated heterocycles. The van der Waals surface area contributed by atoms with Crippen LogP contribution in [0.15, 0.2) is 18.3 Å². The van der Waals surface area contributed by atoms with Crippen LogP contribution in [0.3, 0.4) is 0 Å². The summed E-state index contributed by atoms with van der Waals surface area (Å²) in [4.78, 5) is 6.38. The average Bonchev–Trinajstić information content (AvgIpc) is 2.78. The molecular weight excluding hydrogens is 240 g/mol.